The van der Waals surface area contributed by atoms with Crippen LogP contribution >= 0.6 is 12.6 Å². The first-order chi connectivity index (χ1) is 14.6. The van der Waals surface area contributed by atoms with E-state index in [4.69, 9.17) is 16.6 Å². The zero-order valence-electron chi connectivity index (χ0n) is 17.0. The van der Waals surface area contributed by atoms with Crippen LogP contribution in [0.3, 0.4) is 0 Å². The number of carboxylic acids is 2. The van der Waals surface area contributed by atoms with Crippen LogP contribution < -0.4 is 27.4 Å². The molecule has 0 saturated carbocycles. The second-order valence-corrected chi connectivity index (χ2v) is 7.08. The van der Waals surface area contributed by atoms with Crippen molar-refractivity contribution >= 4 is 42.3 Å². The highest BCUT2D eigenvalue weighted by Crippen LogP contribution is 2.03. The van der Waals surface area contributed by atoms with Crippen LogP contribution in [0.5, 0.6) is 0 Å². The van der Waals surface area contributed by atoms with E-state index in [2.05, 4.69) is 28.6 Å². The Kier molecular flexibility index (Phi) is 14.2. The van der Waals surface area contributed by atoms with Crippen LogP contribution in [0.15, 0.2) is 0 Å². The number of unbranched alkanes of at least 4 members (excludes halogenated alkanes) is 1. The van der Waals surface area contributed by atoms with E-state index in [-0.39, 0.29) is 18.6 Å². The van der Waals surface area contributed by atoms with Crippen LogP contribution in [-0.4, -0.2) is 88.1 Å². The van der Waals surface area contributed by atoms with Crippen molar-refractivity contribution in [1.29, 1.82) is 0 Å². The molecule has 0 saturated heterocycles. The van der Waals surface area contributed by atoms with Crippen molar-refractivity contribution in [2.24, 2.45) is 11.5 Å². The lowest BCUT2D eigenvalue weighted by Gasteiger charge is -2.24. The van der Waals surface area contributed by atoms with Crippen LogP contribution in [-0.2, 0) is 24.0 Å². The molecule has 0 aliphatic rings. The number of thiol groups is 1. The second-order valence-electron chi connectivity index (χ2n) is 6.71. The lowest BCUT2D eigenvalue weighted by molar-refractivity contribution is -0.142. The van der Waals surface area contributed by atoms with Crippen molar-refractivity contribution in [2.45, 2.75) is 56.3 Å². The normalized spacial score (nSPS) is 14.6. The molecule has 0 aromatic rings. The summed E-state index contributed by atoms with van der Waals surface area (Å²) in [6.07, 6.45) is 0.330. The fourth-order valence-corrected chi connectivity index (χ4v) is 2.55. The minimum Gasteiger partial charge on any atom is -0.481 e. The smallest absolute Gasteiger partial charge is 0.326 e. The van der Waals surface area contributed by atoms with Crippen molar-refractivity contribution < 1.29 is 39.3 Å². The number of carboxylic acid groups (broad SMARTS) is 2. The quantitative estimate of drug-likeness (QED) is 0.0816. The Bertz CT molecular complexity index is 636. The first-order valence-electron chi connectivity index (χ1n) is 9.60. The van der Waals surface area contributed by atoms with Crippen LogP contribution in [0.1, 0.15) is 32.1 Å². The van der Waals surface area contributed by atoms with E-state index >= 15 is 0 Å². The van der Waals surface area contributed by atoms with E-state index < -0.39 is 66.9 Å². The Hall–Kier alpha value is -2.42. The fraction of sp³-hybridized carbons (Fsp3) is 0.706. The van der Waals surface area contributed by atoms with Gasteiger partial charge >= 0.3 is 11.9 Å². The summed E-state index contributed by atoms with van der Waals surface area (Å²) in [5, 5.41) is 34.2. The number of carbonyl (C=O) groups excluding carboxylic acids is 3. The van der Waals surface area contributed by atoms with E-state index in [1.165, 1.54) is 0 Å². The maximum atomic E-state index is 12.5. The van der Waals surface area contributed by atoms with Gasteiger partial charge in [-0.05, 0) is 32.2 Å². The maximum Gasteiger partial charge on any atom is 0.326 e. The van der Waals surface area contributed by atoms with Gasteiger partial charge in [-0.25, -0.2) is 4.79 Å². The topological polar surface area (TPSA) is 234 Å². The molecule has 178 valence electrons. The molecule has 0 rings (SSSR count). The highest BCUT2D eigenvalue weighted by molar-refractivity contribution is 7.80. The monoisotopic (exact) mass is 465 g/mol. The van der Waals surface area contributed by atoms with E-state index in [1.807, 2.05) is 0 Å². The maximum absolute atomic E-state index is 12.5. The zero-order valence-corrected chi connectivity index (χ0v) is 17.8. The first kappa shape index (κ1) is 28.6. The summed E-state index contributed by atoms with van der Waals surface area (Å²) in [4.78, 5) is 58.9. The highest BCUT2D eigenvalue weighted by atomic mass is 32.1. The summed E-state index contributed by atoms with van der Waals surface area (Å²) >= 11 is 3.87. The molecule has 10 N–H and O–H groups in total. The molecule has 0 aromatic carbocycles. The fourth-order valence-electron chi connectivity index (χ4n) is 2.39. The van der Waals surface area contributed by atoms with Gasteiger partial charge < -0.3 is 42.7 Å². The Morgan fingerprint density at radius 1 is 0.839 bits per heavy atom. The number of aliphatic hydroxyl groups excluding tert-OH is 1. The summed E-state index contributed by atoms with van der Waals surface area (Å²) in [6.45, 7) is -0.502. The molecule has 14 heteroatoms. The lowest BCUT2D eigenvalue weighted by atomic mass is 10.1. The molecule has 0 heterocycles. The third kappa shape index (κ3) is 11.5. The summed E-state index contributed by atoms with van der Waals surface area (Å²) in [5.74, 6) is -5.18. The molecule has 0 fully saturated rings. The third-order valence-electron chi connectivity index (χ3n) is 4.19. The zero-order chi connectivity index (χ0) is 24.0. The third-order valence-corrected chi connectivity index (χ3v) is 4.58. The Morgan fingerprint density at radius 2 is 1.39 bits per heavy atom. The first-order valence-corrected chi connectivity index (χ1v) is 10.2. The molecular formula is C17H31N5O8S. The van der Waals surface area contributed by atoms with Crippen molar-refractivity contribution in [3.8, 4) is 0 Å². The molecule has 4 atom stereocenters. The van der Waals surface area contributed by atoms with Gasteiger partial charge in [-0.15, -0.1) is 0 Å². The number of rotatable bonds is 16. The van der Waals surface area contributed by atoms with Crippen molar-refractivity contribution in [3.63, 3.8) is 0 Å². The van der Waals surface area contributed by atoms with Crippen molar-refractivity contribution in [2.75, 3.05) is 18.9 Å². The average molecular weight is 466 g/mol. The number of aliphatic carboxylic acids is 2. The molecule has 0 aliphatic heterocycles. The van der Waals surface area contributed by atoms with E-state index in [0.29, 0.717) is 19.4 Å². The van der Waals surface area contributed by atoms with Crippen LogP contribution in [0.2, 0.25) is 0 Å². The summed E-state index contributed by atoms with van der Waals surface area (Å²) < 4.78 is 0. The van der Waals surface area contributed by atoms with Gasteiger partial charge in [0.25, 0.3) is 0 Å². The summed E-state index contributed by atoms with van der Waals surface area (Å²) in [5.41, 5.74) is 10.9. The van der Waals surface area contributed by atoms with Crippen molar-refractivity contribution in [3.05, 3.63) is 0 Å². The standard InChI is InChI=1S/C17H31N5O8S/c18-6-2-1-3-11(17(29)30)21-16(28)12(7-23)22-15(27)10(4-5-13(24)25)20-14(26)9(19)8-31/h9-12,23,31H,1-8,18-19H2,(H,20,26)(H,21,28)(H,22,27)(H,24,25)(H,29,30). The van der Waals surface area contributed by atoms with Gasteiger partial charge in [0.15, 0.2) is 0 Å². The van der Waals surface area contributed by atoms with Gasteiger partial charge in [-0.3, -0.25) is 19.2 Å². The summed E-state index contributed by atoms with van der Waals surface area (Å²) in [7, 11) is 0. The van der Waals surface area contributed by atoms with E-state index in [9.17, 15) is 34.2 Å². The van der Waals surface area contributed by atoms with Gasteiger partial charge in [0.05, 0.1) is 12.6 Å². The lowest BCUT2D eigenvalue weighted by Crippen LogP contribution is -2.58. The van der Waals surface area contributed by atoms with Gasteiger partial charge in [0.1, 0.15) is 18.1 Å². The van der Waals surface area contributed by atoms with E-state index in [0.717, 1.165) is 0 Å². The molecule has 31 heavy (non-hydrogen) atoms. The highest BCUT2D eigenvalue weighted by Gasteiger charge is 2.30. The molecule has 0 bridgehead atoms. The Labute approximate surface area is 184 Å². The number of aliphatic hydroxyl groups is 1. The number of hydrogen-bond donors (Lipinski definition) is 9. The minimum atomic E-state index is -1.52. The summed E-state index contributed by atoms with van der Waals surface area (Å²) in [6, 6.07) is -5.17. The number of hydrogen-bond acceptors (Lipinski definition) is 9. The number of nitrogens with one attached hydrogen (secondary N) is 3. The molecular weight excluding hydrogens is 434 g/mol. The SMILES string of the molecule is NCCCCC(NC(=O)C(CO)NC(=O)C(CCC(=O)O)NC(=O)C(N)CS)C(=O)O. The predicted octanol–water partition coefficient (Wildman–Crippen LogP) is -3.23. The Balaban J connectivity index is 5.17. The van der Waals surface area contributed by atoms with Crippen LogP contribution in [0.25, 0.3) is 0 Å². The minimum absolute atomic E-state index is 0.0263. The largest absolute Gasteiger partial charge is 0.481 e. The molecule has 3 amide bonds. The van der Waals surface area contributed by atoms with Gasteiger partial charge in [-0.1, -0.05) is 0 Å². The molecule has 4 unspecified atom stereocenters. The van der Waals surface area contributed by atoms with Crippen LogP contribution in [0, 0.1) is 0 Å². The molecule has 13 nitrogen and oxygen atoms in total. The van der Waals surface area contributed by atoms with Gasteiger partial charge in [0, 0.05) is 12.2 Å². The average Bonchev–Trinajstić information content (AvgIpc) is 2.72. The van der Waals surface area contributed by atoms with Gasteiger partial charge in [-0.2, -0.15) is 12.6 Å². The predicted molar refractivity (Wildman–Crippen MR) is 112 cm³/mol. The van der Waals surface area contributed by atoms with Gasteiger partial charge in [0.2, 0.25) is 17.7 Å². The number of nitrogens with two attached hydrogens (primary N) is 2. The molecule has 0 radical (unpaired) electrons. The molecule has 0 aromatic heterocycles. The number of amides is 3. The second kappa shape index (κ2) is 15.4. The van der Waals surface area contributed by atoms with E-state index in [1.54, 1.807) is 0 Å². The number of carbonyl (C=O) groups is 5. The molecule has 0 spiro atoms. The molecule has 0 aliphatic carbocycles. The van der Waals surface area contributed by atoms with Crippen LogP contribution in [0.4, 0.5) is 0 Å². The Morgan fingerprint density at radius 3 is 1.87 bits per heavy atom. The van der Waals surface area contributed by atoms with Crippen molar-refractivity contribution in [1.82, 2.24) is 16.0 Å².